The molecule has 2 rings (SSSR count). The second kappa shape index (κ2) is 12.9. The van der Waals surface area contributed by atoms with Gasteiger partial charge in [-0.25, -0.2) is 19.2 Å². The number of amides is 2. The van der Waals surface area contributed by atoms with Gasteiger partial charge in [-0.05, 0) is 25.0 Å². The zero-order valence-electron chi connectivity index (χ0n) is 16.3. The molecule has 0 saturated carbocycles. The van der Waals surface area contributed by atoms with E-state index in [9.17, 15) is 19.2 Å². The molecule has 2 heterocycles. The van der Waals surface area contributed by atoms with Crippen LogP contribution in [0.5, 0.6) is 0 Å². The molecule has 0 aliphatic carbocycles. The molecule has 0 radical (unpaired) electrons. The number of alkyl carbamates (subject to hydrolysis) is 2. The number of nitrogens with one attached hydrogen (secondary N) is 2. The average molecular weight is 428 g/mol. The van der Waals surface area contributed by atoms with Crippen LogP contribution >= 0.6 is 0 Å². The van der Waals surface area contributed by atoms with Crippen LogP contribution in [-0.4, -0.2) is 64.0 Å². The van der Waals surface area contributed by atoms with Gasteiger partial charge in [0, 0.05) is 13.1 Å². The third kappa shape index (κ3) is 9.66. The summed E-state index contributed by atoms with van der Waals surface area (Å²) in [6.45, 7) is 0.977. The number of ether oxygens (including phenoxy) is 6. The molecule has 0 atom stereocenters. The van der Waals surface area contributed by atoms with E-state index >= 15 is 0 Å². The second-order valence-corrected chi connectivity index (χ2v) is 6.09. The number of hydrogen-bond acceptors (Lipinski definition) is 10. The zero-order chi connectivity index (χ0) is 21.6. The van der Waals surface area contributed by atoms with Crippen molar-refractivity contribution in [3.63, 3.8) is 0 Å². The minimum atomic E-state index is -0.765. The number of rotatable bonds is 11. The third-order valence-corrected chi connectivity index (χ3v) is 3.79. The highest BCUT2D eigenvalue weighted by atomic mass is 16.8. The number of cyclic esters (lactones) is 4. The summed E-state index contributed by atoms with van der Waals surface area (Å²) < 4.78 is 28.3. The molecule has 12 nitrogen and oxygen atoms in total. The molecule has 2 saturated heterocycles. The van der Waals surface area contributed by atoms with Crippen LogP contribution in [0, 0.1) is 0 Å². The number of carbonyl (C=O) groups excluding carboxylic acids is 4. The number of unbranched alkanes of at least 4 members (excludes halogenated alkanes) is 3. The quantitative estimate of drug-likeness (QED) is 0.285. The summed E-state index contributed by atoms with van der Waals surface area (Å²) in [5.41, 5.74) is 0. The van der Waals surface area contributed by atoms with Crippen molar-refractivity contribution in [2.45, 2.75) is 25.7 Å². The van der Waals surface area contributed by atoms with Crippen LogP contribution in [0.2, 0.25) is 0 Å². The van der Waals surface area contributed by atoms with Crippen molar-refractivity contribution in [2.75, 3.05) is 39.5 Å². The maximum atomic E-state index is 11.5. The first kappa shape index (κ1) is 22.8. The van der Waals surface area contributed by atoms with Crippen molar-refractivity contribution < 1.29 is 47.6 Å². The molecule has 12 heteroatoms. The molecule has 0 spiro atoms. The summed E-state index contributed by atoms with van der Waals surface area (Å²) in [5, 5.41) is 5.22. The Balaban J connectivity index is 1.36. The second-order valence-electron chi connectivity index (χ2n) is 6.09. The summed E-state index contributed by atoms with van der Waals surface area (Å²) in [6.07, 6.45) is 3.52. The Labute approximate surface area is 172 Å². The van der Waals surface area contributed by atoms with E-state index in [2.05, 4.69) is 29.6 Å². The smallest absolute Gasteiger partial charge is 0.445 e. The molecule has 2 fully saturated rings. The largest absolute Gasteiger partial charge is 0.514 e. The summed E-state index contributed by atoms with van der Waals surface area (Å²) >= 11 is 0. The fourth-order valence-electron chi connectivity index (χ4n) is 2.30. The number of hydrogen-bond donors (Lipinski definition) is 2. The molecule has 2 aliphatic heterocycles. The lowest BCUT2D eigenvalue weighted by Crippen LogP contribution is -2.26. The van der Waals surface area contributed by atoms with Crippen molar-refractivity contribution >= 4 is 24.5 Å². The van der Waals surface area contributed by atoms with Crippen molar-refractivity contribution in [3.05, 3.63) is 23.7 Å². The van der Waals surface area contributed by atoms with Crippen molar-refractivity contribution in [1.29, 1.82) is 0 Å². The Morgan fingerprint density at radius 3 is 1.57 bits per heavy atom. The van der Waals surface area contributed by atoms with Crippen LogP contribution in [0.1, 0.15) is 25.7 Å². The van der Waals surface area contributed by atoms with Crippen LogP contribution in [0.25, 0.3) is 0 Å². The molecular formula is C18H24N2O10. The Hall–Kier alpha value is -3.44. The van der Waals surface area contributed by atoms with E-state index in [1.807, 2.05) is 0 Å². The first-order valence-corrected chi connectivity index (χ1v) is 9.41. The average Bonchev–Trinajstić information content (AvgIpc) is 3.31. The zero-order valence-corrected chi connectivity index (χ0v) is 16.3. The minimum Gasteiger partial charge on any atom is -0.445 e. The SMILES string of the molecule is O=C(NCCCCCCNC(=O)OC/C=C1/COC(=O)O1)OCC=C1COC(=O)O1. The predicted molar refractivity (Wildman–Crippen MR) is 98.2 cm³/mol. The molecule has 0 aromatic heterocycles. The highest BCUT2D eigenvalue weighted by Gasteiger charge is 2.18. The van der Waals surface area contributed by atoms with Gasteiger partial charge in [-0.2, -0.15) is 0 Å². The first-order valence-electron chi connectivity index (χ1n) is 9.41. The van der Waals surface area contributed by atoms with Gasteiger partial charge in [0.15, 0.2) is 13.2 Å². The van der Waals surface area contributed by atoms with Crippen molar-refractivity contribution in [1.82, 2.24) is 10.6 Å². The Morgan fingerprint density at radius 1 is 0.767 bits per heavy atom. The lowest BCUT2D eigenvalue weighted by Gasteiger charge is -2.06. The molecule has 0 bridgehead atoms. The first-order chi connectivity index (χ1) is 14.5. The Morgan fingerprint density at radius 2 is 1.20 bits per heavy atom. The van der Waals surface area contributed by atoms with Gasteiger partial charge in [0.2, 0.25) is 0 Å². The fourth-order valence-corrected chi connectivity index (χ4v) is 2.30. The molecule has 0 aromatic carbocycles. The maximum absolute atomic E-state index is 11.5. The molecule has 0 unspecified atom stereocenters. The van der Waals surface area contributed by atoms with Crippen molar-refractivity contribution in [3.8, 4) is 0 Å². The van der Waals surface area contributed by atoms with Crippen LogP contribution in [0.3, 0.4) is 0 Å². The van der Waals surface area contributed by atoms with E-state index in [1.54, 1.807) is 0 Å². The number of carbonyl (C=O) groups is 4. The molecule has 0 aromatic rings. The molecule has 2 amide bonds. The molecule has 2 aliphatic rings. The van der Waals surface area contributed by atoms with Crippen molar-refractivity contribution in [2.24, 2.45) is 0 Å². The fraction of sp³-hybridized carbons (Fsp3) is 0.556. The summed E-state index contributed by atoms with van der Waals surface area (Å²) in [5.74, 6) is 0.632. The Bertz CT molecular complexity index is 630. The van der Waals surface area contributed by atoms with E-state index in [1.165, 1.54) is 12.2 Å². The van der Waals surface area contributed by atoms with Gasteiger partial charge in [-0.1, -0.05) is 12.8 Å². The molecule has 30 heavy (non-hydrogen) atoms. The molecular weight excluding hydrogens is 404 g/mol. The van der Waals surface area contributed by atoms with Gasteiger partial charge in [0.25, 0.3) is 0 Å². The van der Waals surface area contributed by atoms with Crippen LogP contribution in [-0.2, 0) is 28.4 Å². The lowest BCUT2D eigenvalue weighted by molar-refractivity contribution is 0.134. The maximum Gasteiger partial charge on any atom is 0.514 e. The van der Waals surface area contributed by atoms with E-state index in [4.69, 9.17) is 9.47 Å². The van der Waals surface area contributed by atoms with Crippen LogP contribution in [0.15, 0.2) is 23.7 Å². The summed E-state index contributed by atoms with van der Waals surface area (Å²) in [7, 11) is 0. The third-order valence-electron chi connectivity index (χ3n) is 3.79. The normalized spacial score (nSPS) is 17.7. The van der Waals surface area contributed by atoms with Crippen LogP contribution < -0.4 is 10.6 Å². The standard InChI is InChI=1S/C18H24N2O10/c21-15(25-9-5-13-11-27-17(23)29-13)19-7-3-1-2-4-8-20-16(22)26-10-6-14-12-28-18(24)30-14/h5-6H,1-4,7-12H2,(H,19,21)(H,20,22)/b13-5-,14-6?. The summed E-state index contributed by atoms with van der Waals surface area (Å²) in [6, 6.07) is 0. The van der Waals surface area contributed by atoms with Gasteiger partial charge in [0.1, 0.15) is 24.7 Å². The monoisotopic (exact) mass is 428 g/mol. The molecule has 166 valence electrons. The topological polar surface area (TPSA) is 148 Å². The molecule has 2 N–H and O–H groups in total. The van der Waals surface area contributed by atoms with Gasteiger partial charge in [-0.15, -0.1) is 0 Å². The minimum absolute atomic E-state index is 0.0182. The van der Waals surface area contributed by atoms with E-state index in [0.717, 1.165) is 25.7 Å². The lowest BCUT2D eigenvalue weighted by atomic mass is 10.2. The van der Waals surface area contributed by atoms with Gasteiger partial charge in [-0.3, -0.25) is 0 Å². The highest BCUT2D eigenvalue weighted by molar-refractivity contribution is 5.68. The highest BCUT2D eigenvalue weighted by Crippen LogP contribution is 2.10. The van der Waals surface area contributed by atoms with Gasteiger partial charge < -0.3 is 39.1 Å². The van der Waals surface area contributed by atoms with Gasteiger partial charge in [0.05, 0.1) is 0 Å². The van der Waals surface area contributed by atoms with E-state index in [-0.39, 0.29) is 26.4 Å². The van der Waals surface area contributed by atoms with E-state index in [0.29, 0.717) is 24.6 Å². The van der Waals surface area contributed by atoms with Gasteiger partial charge >= 0.3 is 24.5 Å². The predicted octanol–water partition coefficient (Wildman–Crippen LogP) is 2.10. The van der Waals surface area contributed by atoms with Crippen LogP contribution in [0.4, 0.5) is 19.2 Å². The summed E-state index contributed by atoms with van der Waals surface area (Å²) in [4.78, 5) is 44.4. The Kier molecular flexibility index (Phi) is 9.83. The van der Waals surface area contributed by atoms with E-state index < -0.39 is 24.5 Å².